The van der Waals surface area contributed by atoms with Crippen LogP contribution in [0, 0.1) is 0 Å². The highest BCUT2D eigenvalue weighted by molar-refractivity contribution is 5.70. The largest absolute Gasteiger partial charge is 0.462 e. The number of hydrogen-bond acceptors (Lipinski definition) is 15. The molecule has 15 heteroatoms. The molecule has 2 aliphatic rings. The van der Waals surface area contributed by atoms with Crippen LogP contribution in [0.15, 0.2) is 12.2 Å². The normalized spacial score (nSPS) is 28.7. The molecule has 0 aromatic carbocycles. The summed E-state index contributed by atoms with van der Waals surface area (Å²) >= 11 is 0. The summed E-state index contributed by atoms with van der Waals surface area (Å²) in [6, 6.07) is 0. The smallest absolute Gasteiger partial charge is 0.306 e. The van der Waals surface area contributed by atoms with Crippen molar-refractivity contribution in [3.63, 3.8) is 0 Å². The highest BCUT2D eigenvalue weighted by atomic mass is 16.7. The lowest BCUT2D eigenvalue weighted by Gasteiger charge is -2.42. The summed E-state index contributed by atoms with van der Waals surface area (Å²) in [6.07, 6.45) is 7.09. The van der Waals surface area contributed by atoms with E-state index in [4.69, 9.17) is 28.4 Å². The van der Waals surface area contributed by atoms with Crippen LogP contribution in [0.1, 0.15) is 142 Å². The first-order chi connectivity index (χ1) is 27.0. The minimum atomic E-state index is -1.76. The van der Waals surface area contributed by atoms with Gasteiger partial charge in [-0.05, 0) is 32.1 Å². The van der Waals surface area contributed by atoms with E-state index in [-0.39, 0.29) is 26.1 Å². The van der Waals surface area contributed by atoms with E-state index in [2.05, 4.69) is 26.0 Å². The Kier molecular flexibility index (Phi) is 27.3. The zero-order valence-electron chi connectivity index (χ0n) is 33.9. The number of unbranched alkanes of at least 4 members (excludes halogenated alkanes) is 15. The van der Waals surface area contributed by atoms with Crippen LogP contribution in [0.5, 0.6) is 0 Å². The third kappa shape index (κ3) is 19.8. The van der Waals surface area contributed by atoms with Gasteiger partial charge in [0.2, 0.25) is 0 Å². The first-order valence-corrected chi connectivity index (χ1v) is 21.3. The van der Waals surface area contributed by atoms with Gasteiger partial charge in [0.15, 0.2) is 18.7 Å². The number of carbonyl (C=O) groups is 2. The third-order valence-corrected chi connectivity index (χ3v) is 10.2. The summed E-state index contributed by atoms with van der Waals surface area (Å²) < 4.78 is 33.3. The summed E-state index contributed by atoms with van der Waals surface area (Å²) in [7, 11) is 0. The van der Waals surface area contributed by atoms with Crippen LogP contribution in [0.3, 0.4) is 0 Å². The van der Waals surface area contributed by atoms with Crippen molar-refractivity contribution in [2.24, 2.45) is 0 Å². The number of esters is 2. The molecule has 7 N–H and O–H groups in total. The molecule has 2 aliphatic heterocycles. The van der Waals surface area contributed by atoms with Crippen molar-refractivity contribution >= 4 is 11.9 Å². The average molecular weight is 807 g/mol. The van der Waals surface area contributed by atoms with E-state index >= 15 is 0 Å². The second-order valence-electron chi connectivity index (χ2n) is 15.2. The Bertz CT molecular complexity index is 1040. The fraction of sp³-hybridized carbons (Fsp3) is 0.902. The van der Waals surface area contributed by atoms with Crippen molar-refractivity contribution in [3.8, 4) is 0 Å². The molecule has 4 unspecified atom stereocenters. The van der Waals surface area contributed by atoms with Crippen molar-refractivity contribution in [1.82, 2.24) is 0 Å². The highest BCUT2D eigenvalue weighted by Crippen LogP contribution is 2.26. The molecule has 56 heavy (non-hydrogen) atoms. The van der Waals surface area contributed by atoms with Crippen molar-refractivity contribution in [2.45, 2.75) is 210 Å². The number of allylic oxidation sites excluding steroid dienone is 2. The minimum absolute atomic E-state index is 0.166. The number of ether oxygens (including phenoxy) is 6. The molecule has 0 amide bonds. The first kappa shape index (κ1) is 50.4. The van der Waals surface area contributed by atoms with Crippen LogP contribution in [0.2, 0.25) is 0 Å². The fourth-order valence-corrected chi connectivity index (χ4v) is 6.61. The van der Waals surface area contributed by atoms with E-state index in [1.165, 1.54) is 44.9 Å². The van der Waals surface area contributed by atoms with E-state index in [9.17, 15) is 45.3 Å². The molecule has 0 bridgehead atoms. The summed E-state index contributed by atoms with van der Waals surface area (Å²) in [6.45, 7) is 2.48. The van der Waals surface area contributed by atoms with E-state index in [0.29, 0.717) is 12.8 Å². The van der Waals surface area contributed by atoms with Crippen LogP contribution in [-0.2, 0) is 38.0 Å². The topological polar surface area (TPSA) is 231 Å². The maximum Gasteiger partial charge on any atom is 0.306 e. The number of aliphatic hydroxyl groups is 7. The van der Waals surface area contributed by atoms with E-state index < -0.39 is 92.7 Å². The molecular formula is C41H74O15. The predicted molar refractivity (Wildman–Crippen MR) is 206 cm³/mol. The molecule has 2 fully saturated rings. The first-order valence-electron chi connectivity index (χ1n) is 21.3. The zero-order chi connectivity index (χ0) is 41.1. The standard InChI is InChI=1S/C41H74O15/c1-3-5-7-9-11-13-14-16-17-19-21-23-32(43)51-26-29(54-33(44)24-22-20-18-15-12-10-8-6-4-2)27-52-40-39(50)37(48)35(46)31(56-40)28-53-41-38(49)36(47)34(45)30(25-42)55-41/h9,11,29-31,34-42,45-50H,3-8,10,12-28H2,1-2H3/b11-9+/t29-,30-,31-,34+,35+,36?,37?,38?,39?,40-,41-/m1/s1. The summed E-state index contributed by atoms with van der Waals surface area (Å²) in [5, 5.41) is 71.6. The molecule has 15 nitrogen and oxygen atoms in total. The maximum absolute atomic E-state index is 12.8. The van der Waals surface area contributed by atoms with Gasteiger partial charge in [-0.1, -0.05) is 109 Å². The summed E-state index contributed by atoms with van der Waals surface area (Å²) in [5.41, 5.74) is 0. The Morgan fingerprint density at radius 3 is 1.62 bits per heavy atom. The van der Waals surface area contributed by atoms with Crippen LogP contribution in [0.4, 0.5) is 0 Å². The van der Waals surface area contributed by atoms with E-state index in [0.717, 1.165) is 57.8 Å². The van der Waals surface area contributed by atoms with Gasteiger partial charge in [-0.3, -0.25) is 9.59 Å². The van der Waals surface area contributed by atoms with E-state index in [1.54, 1.807) is 0 Å². The van der Waals surface area contributed by atoms with Crippen molar-refractivity contribution < 1.29 is 73.8 Å². The molecular weight excluding hydrogens is 732 g/mol. The molecule has 0 saturated carbocycles. The predicted octanol–water partition coefficient (Wildman–Crippen LogP) is 3.48. The second kappa shape index (κ2) is 30.3. The van der Waals surface area contributed by atoms with Crippen LogP contribution >= 0.6 is 0 Å². The average Bonchev–Trinajstić information content (AvgIpc) is 3.19. The third-order valence-electron chi connectivity index (χ3n) is 10.2. The van der Waals surface area contributed by atoms with Gasteiger partial charge in [0, 0.05) is 12.8 Å². The Labute approximate surface area is 333 Å². The molecule has 2 rings (SSSR count). The maximum atomic E-state index is 12.8. The minimum Gasteiger partial charge on any atom is -0.462 e. The van der Waals surface area contributed by atoms with Crippen LogP contribution < -0.4 is 0 Å². The second-order valence-corrected chi connectivity index (χ2v) is 15.2. The zero-order valence-corrected chi connectivity index (χ0v) is 33.9. The lowest BCUT2D eigenvalue weighted by Crippen LogP contribution is -2.61. The van der Waals surface area contributed by atoms with Gasteiger partial charge in [0.05, 0.1) is 19.8 Å². The van der Waals surface area contributed by atoms with Crippen LogP contribution in [-0.4, -0.2) is 142 Å². The van der Waals surface area contributed by atoms with Crippen molar-refractivity contribution in [2.75, 3.05) is 26.4 Å². The summed E-state index contributed by atoms with van der Waals surface area (Å²) in [4.78, 5) is 25.4. The molecule has 2 saturated heterocycles. The molecule has 0 aromatic heterocycles. The molecule has 0 aromatic rings. The monoisotopic (exact) mass is 807 g/mol. The Hall–Kier alpha value is -1.76. The molecule has 0 radical (unpaired) electrons. The fourth-order valence-electron chi connectivity index (χ4n) is 6.61. The van der Waals surface area contributed by atoms with Crippen LogP contribution in [0.25, 0.3) is 0 Å². The Morgan fingerprint density at radius 1 is 0.554 bits per heavy atom. The Morgan fingerprint density at radius 2 is 1.04 bits per heavy atom. The molecule has 2 heterocycles. The van der Waals surface area contributed by atoms with Gasteiger partial charge < -0.3 is 64.2 Å². The number of hydrogen-bond donors (Lipinski definition) is 7. The Balaban J connectivity index is 1.89. The number of aliphatic hydroxyl groups excluding tert-OH is 7. The van der Waals surface area contributed by atoms with Gasteiger partial charge in [-0.25, -0.2) is 0 Å². The lowest BCUT2D eigenvalue weighted by atomic mass is 9.98. The molecule has 328 valence electrons. The van der Waals surface area contributed by atoms with Gasteiger partial charge in [0.1, 0.15) is 55.4 Å². The number of rotatable bonds is 31. The SMILES string of the molecule is CCCC/C=C/CCCCCCCC(=O)OC[C@H](CO[C@@H]1O[C@H](CO[C@@H]2O[C@H](CO)[C@H](O)C(O)C2O)[C@H](O)C(O)C1O)OC(=O)CCCCCCCCCCC. The highest BCUT2D eigenvalue weighted by Gasteiger charge is 2.47. The quantitative estimate of drug-likeness (QED) is 0.0302. The molecule has 0 aliphatic carbocycles. The van der Waals surface area contributed by atoms with E-state index in [1.807, 2.05) is 0 Å². The summed E-state index contributed by atoms with van der Waals surface area (Å²) in [5.74, 6) is -0.939. The number of carbonyl (C=O) groups excluding carboxylic acids is 2. The molecule has 11 atom stereocenters. The molecule has 0 spiro atoms. The van der Waals surface area contributed by atoms with Gasteiger partial charge >= 0.3 is 11.9 Å². The van der Waals surface area contributed by atoms with Crippen molar-refractivity contribution in [3.05, 3.63) is 12.2 Å². The van der Waals surface area contributed by atoms with Crippen molar-refractivity contribution in [1.29, 1.82) is 0 Å². The van der Waals surface area contributed by atoms with Gasteiger partial charge in [0.25, 0.3) is 0 Å². The lowest BCUT2D eigenvalue weighted by molar-refractivity contribution is -0.332. The van der Waals surface area contributed by atoms with Gasteiger partial charge in [-0.2, -0.15) is 0 Å². The van der Waals surface area contributed by atoms with Gasteiger partial charge in [-0.15, -0.1) is 0 Å².